The number of benzene rings is 1. The number of fused-ring (bicyclic) bond motifs is 1. The van der Waals surface area contributed by atoms with Crippen LogP contribution in [0.2, 0.25) is 0 Å². The number of imidazole rings is 1. The molecule has 0 aliphatic carbocycles. The van der Waals surface area contributed by atoms with Gasteiger partial charge in [0.2, 0.25) is 0 Å². The number of aryl methyl sites for hydroxylation is 1. The molecular weight excluding hydrogens is 322 g/mol. The highest BCUT2D eigenvalue weighted by Crippen LogP contribution is 2.26. The summed E-state index contributed by atoms with van der Waals surface area (Å²) in [5.74, 6) is 1.53. The van der Waals surface area contributed by atoms with E-state index in [2.05, 4.69) is 69.1 Å². The largest absolute Gasteiger partial charge is 0.351 e. The molecule has 1 fully saturated rings. The van der Waals surface area contributed by atoms with E-state index in [9.17, 15) is 0 Å². The van der Waals surface area contributed by atoms with Crippen LogP contribution in [0, 0.1) is 6.92 Å². The van der Waals surface area contributed by atoms with Crippen molar-refractivity contribution in [2.45, 2.75) is 25.8 Å². The van der Waals surface area contributed by atoms with E-state index in [1.54, 1.807) is 0 Å². The standard InChI is InChI=1S/C21H25N5/c1-16-7-6-10-20-24-19(15-26(16)20)13-23-21(22-2)25-12-11-18(14-25)17-8-4-3-5-9-17/h3-10,15,18H,11-14H2,1-2H3,(H,22,23). The number of aromatic nitrogens is 2. The number of hydrogen-bond donors (Lipinski definition) is 1. The first-order valence-electron chi connectivity index (χ1n) is 9.19. The Bertz CT molecular complexity index is 913. The zero-order chi connectivity index (χ0) is 17.9. The first-order chi connectivity index (χ1) is 12.7. The van der Waals surface area contributed by atoms with Crippen LogP contribution in [0.25, 0.3) is 5.65 Å². The molecule has 1 unspecified atom stereocenters. The first kappa shape index (κ1) is 16.6. The Hall–Kier alpha value is -2.82. The summed E-state index contributed by atoms with van der Waals surface area (Å²) in [5.41, 5.74) is 4.62. The van der Waals surface area contributed by atoms with Gasteiger partial charge in [-0.3, -0.25) is 4.99 Å². The van der Waals surface area contributed by atoms with Crippen LogP contribution >= 0.6 is 0 Å². The van der Waals surface area contributed by atoms with Crippen molar-refractivity contribution in [2.24, 2.45) is 4.99 Å². The van der Waals surface area contributed by atoms with Gasteiger partial charge in [0, 0.05) is 37.9 Å². The third-order valence-corrected chi connectivity index (χ3v) is 5.14. The van der Waals surface area contributed by atoms with Crippen LogP contribution in [0.1, 0.15) is 29.3 Å². The van der Waals surface area contributed by atoms with Gasteiger partial charge < -0.3 is 14.6 Å². The van der Waals surface area contributed by atoms with E-state index < -0.39 is 0 Å². The van der Waals surface area contributed by atoms with Gasteiger partial charge in [0.1, 0.15) is 5.65 Å². The zero-order valence-corrected chi connectivity index (χ0v) is 15.4. The van der Waals surface area contributed by atoms with Gasteiger partial charge >= 0.3 is 0 Å². The summed E-state index contributed by atoms with van der Waals surface area (Å²) in [5, 5.41) is 3.48. The number of rotatable bonds is 3. The van der Waals surface area contributed by atoms with Crippen molar-refractivity contribution in [3.05, 3.63) is 71.7 Å². The fourth-order valence-corrected chi connectivity index (χ4v) is 3.74. The number of hydrogen-bond acceptors (Lipinski definition) is 2. The Morgan fingerprint density at radius 2 is 2.04 bits per heavy atom. The molecule has 0 bridgehead atoms. The number of nitrogens with zero attached hydrogens (tertiary/aromatic N) is 4. The van der Waals surface area contributed by atoms with Crippen molar-refractivity contribution in [1.82, 2.24) is 19.6 Å². The third kappa shape index (κ3) is 3.29. The number of pyridine rings is 1. The van der Waals surface area contributed by atoms with Crippen molar-refractivity contribution in [3.63, 3.8) is 0 Å². The average molecular weight is 347 g/mol. The minimum atomic E-state index is 0.576. The number of aliphatic imine (C=N–C) groups is 1. The van der Waals surface area contributed by atoms with Crippen LogP contribution in [-0.2, 0) is 6.54 Å². The van der Waals surface area contributed by atoms with Crippen LogP contribution in [0.4, 0.5) is 0 Å². The number of guanidine groups is 1. The van der Waals surface area contributed by atoms with Crippen molar-refractivity contribution in [3.8, 4) is 0 Å². The smallest absolute Gasteiger partial charge is 0.193 e. The monoisotopic (exact) mass is 347 g/mol. The van der Waals surface area contributed by atoms with Crippen LogP contribution in [0.3, 0.4) is 0 Å². The fourth-order valence-electron chi connectivity index (χ4n) is 3.74. The zero-order valence-electron chi connectivity index (χ0n) is 15.4. The van der Waals surface area contributed by atoms with E-state index in [1.807, 2.05) is 19.2 Å². The molecule has 0 radical (unpaired) electrons. The Morgan fingerprint density at radius 3 is 2.81 bits per heavy atom. The molecule has 1 aromatic carbocycles. The molecule has 1 atom stereocenters. The normalized spacial score (nSPS) is 17.8. The van der Waals surface area contributed by atoms with Gasteiger partial charge in [-0.15, -0.1) is 0 Å². The quantitative estimate of drug-likeness (QED) is 0.584. The lowest BCUT2D eigenvalue weighted by Gasteiger charge is -2.21. The molecule has 2 aromatic heterocycles. The summed E-state index contributed by atoms with van der Waals surface area (Å²) in [6, 6.07) is 16.9. The number of nitrogens with one attached hydrogen (secondary N) is 1. The topological polar surface area (TPSA) is 44.9 Å². The number of likely N-dealkylation sites (tertiary alicyclic amines) is 1. The van der Waals surface area contributed by atoms with Crippen LogP contribution in [0.5, 0.6) is 0 Å². The molecule has 4 rings (SSSR count). The van der Waals surface area contributed by atoms with Crippen LogP contribution in [0.15, 0.2) is 59.7 Å². The molecule has 1 aliphatic heterocycles. The molecule has 3 aromatic rings. The van der Waals surface area contributed by atoms with Crippen molar-refractivity contribution >= 4 is 11.6 Å². The molecule has 3 heterocycles. The van der Waals surface area contributed by atoms with E-state index in [-0.39, 0.29) is 0 Å². The predicted octanol–water partition coefficient (Wildman–Crippen LogP) is 3.21. The predicted molar refractivity (Wildman–Crippen MR) is 106 cm³/mol. The highest BCUT2D eigenvalue weighted by Gasteiger charge is 2.25. The Labute approximate surface area is 154 Å². The van der Waals surface area contributed by atoms with Gasteiger partial charge in [0.15, 0.2) is 5.96 Å². The lowest BCUT2D eigenvalue weighted by atomic mass is 9.99. The van der Waals surface area contributed by atoms with E-state index in [0.29, 0.717) is 12.5 Å². The molecule has 0 amide bonds. The maximum atomic E-state index is 4.70. The van der Waals surface area contributed by atoms with Crippen molar-refractivity contribution < 1.29 is 0 Å². The van der Waals surface area contributed by atoms with E-state index in [4.69, 9.17) is 4.98 Å². The van der Waals surface area contributed by atoms with E-state index in [1.165, 1.54) is 11.3 Å². The summed E-state index contributed by atoms with van der Waals surface area (Å²) >= 11 is 0. The van der Waals surface area contributed by atoms with Crippen molar-refractivity contribution in [2.75, 3.05) is 20.1 Å². The molecule has 134 valence electrons. The van der Waals surface area contributed by atoms with E-state index >= 15 is 0 Å². The molecular formula is C21H25N5. The Balaban J connectivity index is 1.41. The molecule has 26 heavy (non-hydrogen) atoms. The molecule has 1 aliphatic rings. The SMILES string of the molecule is CN=C(NCc1cn2c(C)cccc2n1)N1CCC(c2ccccc2)C1. The second-order valence-electron chi connectivity index (χ2n) is 6.87. The maximum Gasteiger partial charge on any atom is 0.193 e. The van der Waals surface area contributed by atoms with Crippen LogP contribution < -0.4 is 5.32 Å². The fraction of sp³-hybridized carbons (Fsp3) is 0.333. The lowest BCUT2D eigenvalue weighted by molar-refractivity contribution is 0.485. The summed E-state index contributed by atoms with van der Waals surface area (Å²) in [7, 11) is 1.85. The third-order valence-electron chi connectivity index (χ3n) is 5.14. The molecule has 0 spiro atoms. The van der Waals surface area contributed by atoms with Gasteiger partial charge in [-0.2, -0.15) is 0 Å². The Morgan fingerprint density at radius 1 is 1.19 bits per heavy atom. The van der Waals surface area contributed by atoms with Crippen LogP contribution in [-0.4, -0.2) is 40.4 Å². The maximum absolute atomic E-state index is 4.70. The lowest BCUT2D eigenvalue weighted by Crippen LogP contribution is -2.39. The minimum Gasteiger partial charge on any atom is -0.351 e. The van der Waals surface area contributed by atoms with Gasteiger partial charge in [-0.1, -0.05) is 36.4 Å². The molecule has 1 N–H and O–H groups in total. The molecule has 0 saturated carbocycles. The summed E-state index contributed by atoms with van der Waals surface area (Å²) in [6.45, 7) is 4.82. The highest BCUT2D eigenvalue weighted by molar-refractivity contribution is 5.80. The van der Waals surface area contributed by atoms with Gasteiger partial charge in [0.25, 0.3) is 0 Å². The Kier molecular flexibility index (Phi) is 4.61. The molecule has 5 nitrogen and oxygen atoms in total. The average Bonchev–Trinajstić information content (AvgIpc) is 3.31. The van der Waals surface area contributed by atoms with Gasteiger partial charge in [-0.25, -0.2) is 4.98 Å². The summed E-state index contributed by atoms with van der Waals surface area (Å²) in [6.07, 6.45) is 3.26. The summed E-state index contributed by atoms with van der Waals surface area (Å²) < 4.78 is 2.13. The molecule has 5 heteroatoms. The summed E-state index contributed by atoms with van der Waals surface area (Å²) in [4.78, 5) is 11.5. The highest BCUT2D eigenvalue weighted by atomic mass is 15.3. The second kappa shape index (κ2) is 7.20. The first-order valence-corrected chi connectivity index (χ1v) is 9.19. The van der Waals surface area contributed by atoms with Gasteiger partial charge in [-0.05, 0) is 31.0 Å². The van der Waals surface area contributed by atoms with E-state index in [0.717, 1.165) is 36.8 Å². The van der Waals surface area contributed by atoms with Crippen molar-refractivity contribution in [1.29, 1.82) is 0 Å². The van der Waals surface area contributed by atoms with Gasteiger partial charge in [0.05, 0.1) is 12.2 Å². The molecule has 1 saturated heterocycles. The second-order valence-corrected chi connectivity index (χ2v) is 6.87. The minimum absolute atomic E-state index is 0.576.